The van der Waals surface area contributed by atoms with Crippen LogP contribution >= 0.6 is 0 Å². The first kappa shape index (κ1) is 14.2. The summed E-state index contributed by atoms with van der Waals surface area (Å²) in [6.07, 6.45) is 0. The maximum atomic E-state index is 12.2. The first-order valence-corrected chi connectivity index (χ1v) is 7.09. The number of aromatic nitrogens is 4. The van der Waals surface area contributed by atoms with Gasteiger partial charge in [-0.3, -0.25) is 10.3 Å². The summed E-state index contributed by atoms with van der Waals surface area (Å²) in [6, 6.07) is 10.6. The van der Waals surface area contributed by atoms with E-state index in [0.717, 1.165) is 10.8 Å². The Morgan fingerprint density at radius 2 is 1.92 bits per heavy atom. The first-order valence-electron chi connectivity index (χ1n) is 7.09. The van der Waals surface area contributed by atoms with Gasteiger partial charge in [0.25, 0.3) is 0 Å². The van der Waals surface area contributed by atoms with E-state index in [4.69, 9.17) is 13.9 Å². The smallest absolute Gasteiger partial charge is 0.344 e. The van der Waals surface area contributed by atoms with E-state index in [1.165, 1.54) is 0 Å². The van der Waals surface area contributed by atoms with Crippen LogP contribution in [0.2, 0.25) is 0 Å². The summed E-state index contributed by atoms with van der Waals surface area (Å²) in [4.78, 5) is 12.2. The lowest BCUT2D eigenvalue weighted by molar-refractivity contribution is 0.295. The second-order valence-electron chi connectivity index (χ2n) is 5.04. The highest BCUT2D eigenvalue weighted by Gasteiger charge is 2.09. The number of ether oxygens (including phenoxy) is 2. The van der Waals surface area contributed by atoms with Gasteiger partial charge in [-0.25, -0.2) is 4.79 Å². The molecule has 0 amide bonds. The molecule has 0 aliphatic heterocycles. The minimum atomic E-state index is -0.429. The third kappa shape index (κ3) is 2.43. The molecule has 0 aliphatic rings. The van der Waals surface area contributed by atoms with E-state index >= 15 is 0 Å². The molecule has 8 nitrogen and oxygen atoms in total. The Hall–Kier alpha value is -3.42. The lowest BCUT2D eigenvalue weighted by Crippen LogP contribution is -2.01. The van der Waals surface area contributed by atoms with Crippen LogP contribution in [-0.4, -0.2) is 22.6 Å². The van der Waals surface area contributed by atoms with Gasteiger partial charge in [0.1, 0.15) is 23.7 Å². The van der Waals surface area contributed by atoms with Crippen LogP contribution in [0.4, 0.5) is 0 Å². The van der Waals surface area contributed by atoms with Crippen LogP contribution in [0, 0.1) is 0 Å². The summed E-state index contributed by atoms with van der Waals surface area (Å²) in [5.41, 5.74) is 0.0103. The van der Waals surface area contributed by atoms with Crippen molar-refractivity contribution in [3.8, 4) is 11.5 Å². The Bertz CT molecular complexity index is 1070. The fraction of sp³-hybridized carbons (Fsp3) is 0.125. The van der Waals surface area contributed by atoms with Gasteiger partial charge in [0, 0.05) is 22.7 Å². The van der Waals surface area contributed by atoms with Crippen LogP contribution in [-0.2, 0) is 6.61 Å². The predicted molar refractivity (Wildman–Crippen MR) is 84.0 cm³/mol. The van der Waals surface area contributed by atoms with Gasteiger partial charge in [-0.15, -0.1) is 0 Å². The van der Waals surface area contributed by atoms with E-state index < -0.39 is 5.63 Å². The van der Waals surface area contributed by atoms with Gasteiger partial charge in [-0.2, -0.15) is 5.21 Å². The summed E-state index contributed by atoms with van der Waals surface area (Å²) in [7, 11) is 1.55. The van der Waals surface area contributed by atoms with Gasteiger partial charge in [0.15, 0.2) is 0 Å². The maximum absolute atomic E-state index is 12.2. The molecule has 0 saturated heterocycles. The second kappa shape index (κ2) is 5.65. The number of rotatable bonds is 4. The van der Waals surface area contributed by atoms with E-state index in [2.05, 4.69) is 20.6 Å². The normalized spacial score (nSPS) is 11.0. The predicted octanol–water partition coefficient (Wildman–Crippen LogP) is 1.68. The summed E-state index contributed by atoms with van der Waals surface area (Å²) < 4.78 is 16.1. The Balaban J connectivity index is 1.77. The minimum absolute atomic E-state index is 0.132. The lowest BCUT2D eigenvalue weighted by atomic mass is 10.1. The molecule has 2 aromatic heterocycles. The number of benzene rings is 2. The van der Waals surface area contributed by atoms with Crippen molar-refractivity contribution in [2.75, 3.05) is 7.11 Å². The van der Waals surface area contributed by atoms with Crippen molar-refractivity contribution in [1.82, 2.24) is 20.6 Å². The first-order chi connectivity index (χ1) is 11.7. The zero-order valence-electron chi connectivity index (χ0n) is 12.6. The quantitative estimate of drug-likeness (QED) is 0.413. The van der Waals surface area contributed by atoms with E-state index in [1.54, 1.807) is 31.4 Å². The highest BCUT2D eigenvalue weighted by molar-refractivity contribution is 6.04. The van der Waals surface area contributed by atoms with Crippen LogP contribution < -0.4 is 20.2 Å². The molecular weight excluding hydrogens is 312 g/mol. The van der Waals surface area contributed by atoms with Gasteiger partial charge in [-0.05, 0) is 30.3 Å². The van der Waals surface area contributed by atoms with E-state index in [-0.39, 0.29) is 6.61 Å². The Kier molecular flexibility index (Phi) is 3.34. The van der Waals surface area contributed by atoms with Crippen molar-refractivity contribution in [3.05, 3.63) is 52.6 Å². The third-order valence-corrected chi connectivity index (χ3v) is 3.62. The van der Waals surface area contributed by atoms with E-state index in [1.807, 2.05) is 12.1 Å². The average molecular weight is 323 g/mol. The Morgan fingerprint density at radius 1 is 1.08 bits per heavy atom. The van der Waals surface area contributed by atoms with Crippen LogP contribution in [0.15, 0.2) is 45.6 Å². The molecule has 2 aromatic carbocycles. The second-order valence-corrected chi connectivity index (χ2v) is 5.04. The SMILES string of the molecule is COc1ccc2c(c1)c(=O)oc1cc(OCc3nnn[n-]3)ccc12. The molecule has 0 saturated carbocycles. The van der Waals surface area contributed by atoms with E-state index in [9.17, 15) is 4.79 Å². The molecule has 0 fully saturated rings. The summed E-state index contributed by atoms with van der Waals surface area (Å²) >= 11 is 0. The molecule has 0 bridgehead atoms. The van der Waals surface area contributed by atoms with Crippen molar-refractivity contribution < 1.29 is 13.9 Å². The molecule has 0 N–H and O–H groups in total. The molecule has 4 rings (SSSR count). The van der Waals surface area contributed by atoms with E-state index in [0.29, 0.717) is 28.3 Å². The molecule has 0 aliphatic carbocycles. The zero-order valence-corrected chi connectivity index (χ0v) is 12.6. The molecule has 0 radical (unpaired) electrons. The van der Waals surface area contributed by atoms with Crippen LogP contribution in [0.5, 0.6) is 11.5 Å². The molecule has 8 heteroatoms. The molecule has 0 atom stereocenters. The molecule has 120 valence electrons. The number of hydrogen-bond acceptors (Lipinski definition) is 7. The molecular formula is C16H11N4O4-. The number of hydrogen-bond donors (Lipinski definition) is 0. The molecule has 4 aromatic rings. The number of methoxy groups -OCH3 is 1. The van der Waals surface area contributed by atoms with Crippen molar-refractivity contribution >= 4 is 21.7 Å². The van der Waals surface area contributed by atoms with Gasteiger partial charge in [-0.1, -0.05) is 0 Å². The topological polar surface area (TPSA) is 101 Å². The molecule has 24 heavy (non-hydrogen) atoms. The maximum Gasteiger partial charge on any atom is 0.344 e. The van der Waals surface area contributed by atoms with Crippen LogP contribution in [0.25, 0.3) is 21.7 Å². The van der Waals surface area contributed by atoms with Gasteiger partial charge < -0.3 is 19.0 Å². The van der Waals surface area contributed by atoms with Gasteiger partial charge >= 0.3 is 5.63 Å². The average Bonchev–Trinajstić information content (AvgIpc) is 3.13. The fourth-order valence-corrected chi connectivity index (χ4v) is 2.48. The standard InChI is InChI=1S/C16H11N4O4/c1-22-9-2-4-11-12-5-3-10(23-8-15-17-19-20-18-15)7-14(12)24-16(21)13(11)6-9/h2-7H,8H2,1H3/q-1. The van der Waals surface area contributed by atoms with Gasteiger partial charge in [0.05, 0.1) is 12.5 Å². The monoisotopic (exact) mass is 323 g/mol. The van der Waals surface area contributed by atoms with Gasteiger partial charge in [0.2, 0.25) is 0 Å². The molecule has 0 spiro atoms. The van der Waals surface area contributed by atoms with Crippen molar-refractivity contribution in [2.45, 2.75) is 6.61 Å². The lowest BCUT2D eigenvalue weighted by Gasteiger charge is -2.08. The highest BCUT2D eigenvalue weighted by atomic mass is 16.5. The highest BCUT2D eigenvalue weighted by Crippen LogP contribution is 2.28. The fourth-order valence-electron chi connectivity index (χ4n) is 2.48. The zero-order chi connectivity index (χ0) is 16.5. The molecule has 2 heterocycles. The summed E-state index contributed by atoms with van der Waals surface area (Å²) in [5, 5.41) is 16.2. The molecule has 0 unspecified atom stereocenters. The summed E-state index contributed by atoms with van der Waals surface area (Å²) in [5.74, 6) is 1.51. The third-order valence-electron chi connectivity index (χ3n) is 3.62. The van der Waals surface area contributed by atoms with Crippen molar-refractivity contribution in [1.29, 1.82) is 0 Å². The largest absolute Gasteiger partial charge is 0.497 e. The number of fused-ring (bicyclic) bond motifs is 3. The number of tetrazole rings is 1. The van der Waals surface area contributed by atoms with Crippen molar-refractivity contribution in [2.24, 2.45) is 0 Å². The Morgan fingerprint density at radius 3 is 2.71 bits per heavy atom. The van der Waals surface area contributed by atoms with Crippen LogP contribution in [0.3, 0.4) is 0 Å². The van der Waals surface area contributed by atoms with Crippen LogP contribution in [0.1, 0.15) is 5.82 Å². The number of nitrogens with zero attached hydrogens (tertiary/aromatic N) is 4. The minimum Gasteiger partial charge on any atom is -0.497 e. The summed E-state index contributed by atoms with van der Waals surface area (Å²) in [6.45, 7) is 0.132. The Labute approximate surface area is 135 Å². The van der Waals surface area contributed by atoms with Crippen molar-refractivity contribution in [3.63, 3.8) is 0 Å².